The smallest absolute Gasteiger partial charge is 0.321 e. The van der Waals surface area contributed by atoms with Crippen molar-refractivity contribution in [1.29, 1.82) is 0 Å². The Kier molecular flexibility index (Phi) is 7.13. The van der Waals surface area contributed by atoms with Crippen molar-refractivity contribution in [3.63, 3.8) is 0 Å². The Hall–Kier alpha value is -2.47. The van der Waals surface area contributed by atoms with Crippen LogP contribution in [0.3, 0.4) is 0 Å². The molecule has 0 spiro atoms. The van der Waals surface area contributed by atoms with Crippen LogP contribution in [0.25, 0.3) is 10.8 Å². The normalized spacial score (nSPS) is 12.6. The first-order valence-corrected chi connectivity index (χ1v) is 10.1. The highest BCUT2D eigenvalue weighted by atomic mass is 35.5. The first-order chi connectivity index (χ1) is 13.2. The van der Waals surface area contributed by atoms with Crippen molar-refractivity contribution in [3.05, 3.63) is 29.4 Å². The minimum Gasteiger partial charge on any atom is -0.480 e. The van der Waals surface area contributed by atoms with Crippen LogP contribution in [0.15, 0.2) is 34.3 Å². The van der Waals surface area contributed by atoms with Gasteiger partial charge in [0.2, 0.25) is 10.0 Å². The van der Waals surface area contributed by atoms with Crippen molar-refractivity contribution in [3.8, 4) is 0 Å². The van der Waals surface area contributed by atoms with Gasteiger partial charge in [-0.2, -0.15) is 9.71 Å². The van der Waals surface area contributed by atoms with Crippen molar-refractivity contribution in [2.45, 2.75) is 30.2 Å². The van der Waals surface area contributed by atoms with E-state index in [1.54, 1.807) is 0 Å². The average molecular weight is 429 g/mol. The number of rotatable bonds is 9. The summed E-state index contributed by atoms with van der Waals surface area (Å²) in [6.45, 7) is 0.394. The molecule has 0 aliphatic carbocycles. The van der Waals surface area contributed by atoms with E-state index in [0.717, 1.165) is 0 Å². The Morgan fingerprint density at radius 2 is 2.00 bits per heavy atom. The number of nitrogens with zero attached hydrogens (tertiary/aromatic N) is 2. The molecule has 12 heteroatoms. The molecule has 0 aliphatic heterocycles. The average Bonchev–Trinajstić information content (AvgIpc) is 2.62. The summed E-state index contributed by atoms with van der Waals surface area (Å²) >= 11 is 6.10. The fraction of sp³-hybridized carbons (Fsp3) is 0.312. The van der Waals surface area contributed by atoms with Gasteiger partial charge in [0, 0.05) is 17.0 Å². The van der Waals surface area contributed by atoms with Gasteiger partial charge in [-0.3, -0.25) is 4.79 Å². The van der Waals surface area contributed by atoms with Crippen molar-refractivity contribution < 1.29 is 18.3 Å². The Morgan fingerprint density at radius 3 is 2.61 bits per heavy atom. The summed E-state index contributed by atoms with van der Waals surface area (Å²) in [5.41, 5.74) is 16.2. The van der Waals surface area contributed by atoms with E-state index < -0.39 is 22.0 Å². The van der Waals surface area contributed by atoms with Crippen molar-refractivity contribution in [1.82, 2.24) is 9.71 Å². The SMILES string of the molecule is NCCCC[C@@H](NS(=O)(=O)c1ccc2c(Cl)cnc(N=C(N)N)c2c1)C(=O)O. The van der Waals surface area contributed by atoms with Crippen LogP contribution in [0.4, 0.5) is 5.82 Å². The van der Waals surface area contributed by atoms with E-state index in [1.807, 2.05) is 0 Å². The van der Waals surface area contributed by atoms with Gasteiger partial charge in [0.15, 0.2) is 11.8 Å². The number of benzene rings is 1. The third-order valence-electron chi connectivity index (χ3n) is 3.88. The van der Waals surface area contributed by atoms with Gasteiger partial charge in [0.05, 0.1) is 9.92 Å². The van der Waals surface area contributed by atoms with Crippen LogP contribution in [0.1, 0.15) is 19.3 Å². The number of hydrogen-bond acceptors (Lipinski definition) is 6. The number of nitrogens with two attached hydrogens (primary N) is 3. The quantitative estimate of drug-likeness (QED) is 0.218. The molecule has 0 amide bonds. The van der Waals surface area contributed by atoms with Crippen molar-refractivity contribution >= 4 is 50.1 Å². The highest BCUT2D eigenvalue weighted by Crippen LogP contribution is 2.31. The van der Waals surface area contributed by atoms with Crippen molar-refractivity contribution in [2.24, 2.45) is 22.2 Å². The number of nitrogens with one attached hydrogen (secondary N) is 1. The predicted molar refractivity (Wildman–Crippen MR) is 107 cm³/mol. The molecule has 8 N–H and O–H groups in total. The lowest BCUT2D eigenvalue weighted by Crippen LogP contribution is -2.40. The van der Waals surface area contributed by atoms with Gasteiger partial charge >= 0.3 is 5.97 Å². The third kappa shape index (κ3) is 5.29. The number of carboxylic acids is 1. The van der Waals surface area contributed by atoms with E-state index in [1.165, 1.54) is 24.4 Å². The number of aromatic nitrogens is 1. The standard InChI is InChI=1S/C16H21ClN6O4S/c17-12-8-21-14(22-16(19)20)11-7-9(4-5-10(11)12)28(26,27)23-13(15(24)25)3-1-2-6-18/h4-5,7-8,13,23H,1-3,6,18H2,(H,24,25)(H4,19,20,21,22)/t13-/m1/s1. The van der Waals surface area contributed by atoms with Crippen LogP contribution in [0.5, 0.6) is 0 Å². The zero-order valence-electron chi connectivity index (χ0n) is 14.8. The Morgan fingerprint density at radius 1 is 1.29 bits per heavy atom. The van der Waals surface area contributed by atoms with Gasteiger partial charge < -0.3 is 22.3 Å². The molecule has 2 rings (SSSR count). The highest BCUT2D eigenvalue weighted by Gasteiger charge is 2.25. The second kappa shape index (κ2) is 9.15. The lowest BCUT2D eigenvalue weighted by molar-refractivity contribution is -0.139. The number of fused-ring (bicyclic) bond motifs is 1. The van der Waals surface area contributed by atoms with Gasteiger partial charge in [0.1, 0.15) is 6.04 Å². The van der Waals surface area contributed by atoms with Crippen LogP contribution in [-0.4, -0.2) is 43.0 Å². The molecular formula is C16H21ClN6O4S. The van der Waals surface area contributed by atoms with E-state index in [9.17, 15) is 18.3 Å². The number of halogens is 1. The molecule has 1 aromatic carbocycles. The number of unbranched alkanes of at least 4 members (excludes halogenated alkanes) is 1. The molecule has 10 nitrogen and oxygen atoms in total. The fourth-order valence-corrected chi connectivity index (χ4v) is 4.00. The van der Waals surface area contributed by atoms with Gasteiger partial charge in [-0.05, 0) is 31.5 Å². The van der Waals surface area contributed by atoms with E-state index in [2.05, 4.69) is 14.7 Å². The molecule has 28 heavy (non-hydrogen) atoms. The van der Waals surface area contributed by atoms with E-state index in [4.69, 9.17) is 28.8 Å². The van der Waals surface area contributed by atoms with Crippen LogP contribution in [-0.2, 0) is 14.8 Å². The predicted octanol–water partition coefficient (Wildman–Crippen LogP) is 0.654. The highest BCUT2D eigenvalue weighted by molar-refractivity contribution is 7.89. The molecule has 0 saturated carbocycles. The van der Waals surface area contributed by atoms with Crippen LogP contribution in [0, 0.1) is 0 Å². The maximum Gasteiger partial charge on any atom is 0.321 e. The first kappa shape index (κ1) is 21.8. The van der Waals surface area contributed by atoms with Crippen molar-refractivity contribution in [2.75, 3.05) is 6.54 Å². The minimum absolute atomic E-state index is 0.0918. The molecular weight excluding hydrogens is 408 g/mol. The molecule has 2 aromatic rings. The third-order valence-corrected chi connectivity index (χ3v) is 5.65. The number of sulfonamides is 1. The first-order valence-electron chi connectivity index (χ1n) is 8.29. The molecule has 1 aromatic heterocycles. The zero-order valence-corrected chi connectivity index (χ0v) is 16.4. The molecule has 0 saturated heterocycles. The Balaban J connectivity index is 2.44. The summed E-state index contributed by atoms with van der Waals surface area (Å²) in [7, 11) is -4.14. The van der Waals surface area contributed by atoms with Crippen LogP contribution in [0.2, 0.25) is 5.02 Å². The maximum absolute atomic E-state index is 12.7. The monoisotopic (exact) mass is 428 g/mol. The second-order valence-corrected chi connectivity index (χ2v) is 8.09. The Bertz CT molecular complexity index is 1010. The molecule has 152 valence electrons. The summed E-state index contributed by atoms with van der Waals surface area (Å²) in [5, 5.41) is 10.4. The molecule has 0 unspecified atom stereocenters. The number of guanidine groups is 1. The van der Waals surface area contributed by atoms with E-state index in [-0.39, 0.29) is 28.1 Å². The summed E-state index contributed by atoms with van der Waals surface area (Å²) in [6, 6.07) is 2.80. The Labute approximate surface area is 166 Å². The second-order valence-electron chi connectivity index (χ2n) is 5.97. The molecule has 0 fully saturated rings. The van der Waals surface area contributed by atoms with Gasteiger partial charge in [-0.15, -0.1) is 0 Å². The van der Waals surface area contributed by atoms with Crippen LogP contribution >= 0.6 is 11.6 Å². The molecule has 0 aliphatic rings. The molecule has 1 heterocycles. The molecule has 0 radical (unpaired) electrons. The lowest BCUT2D eigenvalue weighted by atomic mass is 10.1. The van der Waals surface area contributed by atoms with E-state index >= 15 is 0 Å². The van der Waals surface area contributed by atoms with Gasteiger partial charge in [-0.25, -0.2) is 13.4 Å². The number of aliphatic imine (C=N–C) groups is 1. The number of aliphatic carboxylic acids is 1. The summed E-state index contributed by atoms with van der Waals surface area (Å²) in [6.07, 6.45) is 2.53. The number of carboxylic acid groups (broad SMARTS) is 1. The lowest BCUT2D eigenvalue weighted by Gasteiger charge is -2.15. The summed E-state index contributed by atoms with van der Waals surface area (Å²) in [5.74, 6) is -1.44. The summed E-state index contributed by atoms with van der Waals surface area (Å²) < 4.78 is 27.6. The van der Waals surface area contributed by atoms with Gasteiger partial charge in [0.25, 0.3) is 0 Å². The number of hydrogen-bond donors (Lipinski definition) is 5. The number of carbonyl (C=O) groups is 1. The van der Waals surface area contributed by atoms with Crippen LogP contribution < -0.4 is 21.9 Å². The largest absolute Gasteiger partial charge is 0.480 e. The number of pyridine rings is 1. The molecule has 1 atom stereocenters. The minimum atomic E-state index is -4.14. The summed E-state index contributed by atoms with van der Waals surface area (Å²) in [4.78, 5) is 19.1. The van der Waals surface area contributed by atoms with E-state index in [0.29, 0.717) is 30.2 Å². The van der Waals surface area contributed by atoms with Gasteiger partial charge in [-0.1, -0.05) is 24.1 Å². The fourth-order valence-electron chi connectivity index (χ4n) is 2.53. The zero-order chi connectivity index (χ0) is 20.9. The topological polar surface area (TPSA) is 187 Å². The molecule has 0 bridgehead atoms. The maximum atomic E-state index is 12.7.